The number of ether oxygens (including phenoxy) is 1. The third-order valence-electron chi connectivity index (χ3n) is 4.27. The van der Waals surface area contributed by atoms with Crippen molar-refractivity contribution in [3.63, 3.8) is 0 Å². The average molecular weight is 307 g/mol. The van der Waals surface area contributed by atoms with Gasteiger partial charge in [0, 0.05) is 18.7 Å². The number of nitrogen functional groups attached to an aromatic ring is 1. The fourth-order valence-corrected chi connectivity index (χ4v) is 3.10. The van der Waals surface area contributed by atoms with E-state index in [2.05, 4.69) is 19.0 Å². The maximum absolute atomic E-state index is 10.7. The normalized spacial score (nSPS) is 21.8. The van der Waals surface area contributed by atoms with Crippen LogP contribution in [0.3, 0.4) is 0 Å². The van der Waals surface area contributed by atoms with Crippen LogP contribution in [0.25, 0.3) is 0 Å². The summed E-state index contributed by atoms with van der Waals surface area (Å²) in [4.78, 5) is 12.5. The Labute approximate surface area is 131 Å². The summed E-state index contributed by atoms with van der Waals surface area (Å²) in [6.45, 7) is 1.82. The first-order valence-electron chi connectivity index (χ1n) is 7.77. The molecule has 0 atom stereocenters. The van der Waals surface area contributed by atoms with Crippen LogP contribution in [-0.4, -0.2) is 37.1 Å². The van der Waals surface area contributed by atoms with Crippen LogP contribution >= 0.6 is 0 Å². The van der Waals surface area contributed by atoms with Gasteiger partial charge in [0.05, 0.1) is 11.5 Å². The summed E-state index contributed by atoms with van der Waals surface area (Å²) < 4.78 is 5.76. The summed E-state index contributed by atoms with van der Waals surface area (Å²) >= 11 is 0. The predicted molar refractivity (Wildman–Crippen MR) is 87.0 cm³/mol. The van der Waals surface area contributed by atoms with Crippen molar-refractivity contribution < 1.29 is 9.66 Å². The molecule has 2 N–H and O–H groups in total. The molecular formula is C16H25N3O3. The Morgan fingerprint density at radius 2 is 1.91 bits per heavy atom. The molecule has 0 saturated heterocycles. The number of nitrogens with zero attached hydrogens (tertiary/aromatic N) is 2. The number of rotatable bonds is 6. The summed E-state index contributed by atoms with van der Waals surface area (Å²) in [6, 6.07) is 4.56. The third kappa shape index (κ3) is 4.59. The van der Waals surface area contributed by atoms with E-state index < -0.39 is 4.92 Å². The molecule has 0 bridgehead atoms. The number of benzene rings is 1. The highest BCUT2D eigenvalue weighted by Gasteiger charge is 2.22. The first kappa shape index (κ1) is 16.5. The number of hydrogen-bond acceptors (Lipinski definition) is 5. The second-order valence-electron chi connectivity index (χ2n) is 6.44. The summed E-state index contributed by atoms with van der Waals surface area (Å²) in [6.07, 6.45) is 4.85. The highest BCUT2D eigenvalue weighted by Crippen LogP contribution is 2.31. The van der Waals surface area contributed by atoms with Crippen molar-refractivity contribution in [1.29, 1.82) is 0 Å². The standard InChI is InChI=1S/C16H25N3O3/c1-18(2)10-12-3-5-13(6-4-12)11-22-14-7-8-16(19(20)21)15(17)9-14/h7-9,12-13H,3-6,10-11,17H2,1-2H3. The molecule has 0 aromatic heterocycles. The smallest absolute Gasteiger partial charge is 0.292 e. The number of hydrogen-bond donors (Lipinski definition) is 1. The Morgan fingerprint density at radius 3 is 2.45 bits per heavy atom. The van der Waals surface area contributed by atoms with Crippen LogP contribution in [-0.2, 0) is 0 Å². The van der Waals surface area contributed by atoms with E-state index in [1.54, 1.807) is 6.07 Å². The van der Waals surface area contributed by atoms with E-state index in [0.717, 1.165) is 12.5 Å². The minimum absolute atomic E-state index is 0.0726. The fraction of sp³-hybridized carbons (Fsp3) is 0.625. The first-order chi connectivity index (χ1) is 10.5. The first-order valence-corrected chi connectivity index (χ1v) is 7.77. The topological polar surface area (TPSA) is 81.6 Å². The molecule has 1 aromatic rings. The van der Waals surface area contributed by atoms with Gasteiger partial charge in [-0.15, -0.1) is 0 Å². The van der Waals surface area contributed by atoms with Gasteiger partial charge in [-0.1, -0.05) is 0 Å². The molecule has 1 saturated carbocycles. The lowest BCUT2D eigenvalue weighted by Crippen LogP contribution is -2.27. The fourth-order valence-electron chi connectivity index (χ4n) is 3.10. The molecule has 0 unspecified atom stereocenters. The van der Waals surface area contributed by atoms with Crippen LogP contribution in [0.2, 0.25) is 0 Å². The van der Waals surface area contributed by atoms with Crippen molar-refractivity contribution in [2.45, 2.75) is 25.7 Å². The van der Waals surface area contributed by atoms with E-state index in [1.807, 2.05) is 0 Å². The second-order valence-corrected chi connectivity index (χ2v) is 6.44. The molecule has 1 aliphatic rings. The van der Waals surface area contributed by atoms with Crippen molar-refractivity contribution in [1.82, 2.24) is 4.90 Å². The molecule has 1 aliphatic carbocycles. The molecule has 122 valence electrons. The van der Waals surface area contributed by atoms with Gasteiger partial charge >= 0.3 is 0 Å². The van der Waals surface area contributed by atoms with E-state index in [-0.39, 0.29) is 11.4 Å². The summed E-state index contributed by atoms with van der Waals surface area (Å²) in [5.41, 5.74) is 5.75. The summed E-state index contributed by atoms with van der Waals surface area (Å²) in [5.74, 6) is 1.97. The minimum atomic E-state index is -0.481. The quantitative estimate of drug-likeness (QED) is 0.496. The Kier molecular flexibility index (Phi) is 5.60. The Morgan fingerprint density at radius 1 is 1.27 bits per heavy atom. The second kappa shape index (κ2) is 7.45. The zero-order chi connectivity index (χ0) is 16.1. The van der Waals surface area contributed by atoms with Crippen LogP contribution in [0, 0.1) is 22.0 Å². The lowest BCUT2D eigenvalue weighted by atomic mass is 9.82. The molecule has 0 spiro atoms. The largest absolute Gasteiger partial charge is 0.493 e. The molecule has 22 heavy (non-hydrogen) atoms. The summed E-state index contributed by atoms with van der Waals surface area (Å²) in [7, 11) is 4.24. The number of anilines is 1. The lowest BCUT2D eigenvalue weighted by Gasteiger charge is -2.30. The Balaban J connectivity index is 1.79. The van der Waals surface area contributed by atoms with Crippen molar-refractivity contribution in [2.75, 3.05) is 33.0 Å². The van der Waals surface area contributed by atoms with Gasteiger partial charge in [0.1, 0.15) is 11.4 Å². The third-order valence-corrected chi connectivity index (χ3v) is 4.27. The number of nitrogens with two attached hydrogens (primary N) is 1. The van der Waals surface area contributed by atoms with E-state index in [9.17, 15) is 10.1 Å². The Hall–Kier alpha value is -1.82. The molecule has 2 rings (SSSR count). The maximum atomic E-state index is 10.7. The molecule has 0 heterocycles. The van der Waals surface area contributed by atoms with Crippen LogP contribution in [0.1, 0.15) is 25.7 Å². The molecule has 0 aliphatic heterocycles. The van der Waals surface area contributed by atoms with Crippen molar-refractivity contribution in [2.24, 2.45) is 11.8 Å². The van der Waals surface area contributed by atoms with E-state index in [1.165, 1.54) is 37.8 Å². The highest BCUT2D eigenvalue weighted by molar-refractivity contribution is 5.60. The van der Waals surface area contributed by atoms with Crippen LogP contribution in [0.15, 0.2) is 18.2 Å². The van der Waals surface area contributed by atoms with Crippen LogP contribution in [0.4, 0.5) is 11.4 Å². The molecule has 6 nitrogen and oxygen atoms in total. The van der Waals surface area contributed by atoms with E-state index in [4.69, 9.17) is 10.5 Å². The van der Waals surface area contributed by atoms with Crippen molar-refractivity contribution in [3.05, 3.63) is 28.3 Å². The summed E-state index contributed by atoms with van der Waals surface area (Å²) in [5, 5.41) is 10.7. The number of nitro groups is 1. The average Bonchev–Trinajstić information content (AvgIpc) is 2.45. The molecular weight excluding hydrogens is 282 g/mol. The number of nitro benzene ring substituents is 1. The van der Waals surface area contributed by atoms with E-state index >= 15 is 0 Å². The lowest BCUT2D eigenvalue weighted by molar-refractivity contribution is -0.383. The van der Waals surface area contributed by atoms with Gasteiger partial charge in [0.15, 0.2) is 0 Å². The van der Waals surface area contributed by atoms with Gasteiger partial charge in [-0.05, 0) is 57.7 Å². The van der Waals surface area contributed by atoms with Crippen molar-refractivity contribution in [3.8, 4) is 5.75 Å². The van der Waals surface area contributed by atoms with Gasteiger partial charge in [-0.3, -0.25) is 10.1 Å². The van der Waals surface area contributed by atoms with Gasteiger partial charge in [-0.2, -0.15) is 0 Å². The molecule has 6 heteroatoms. The van der Waals surface area contributed by atoms with Gasteiger partial charge < -0.3 is 15.4 Å². The van der Waals surface area contributed by atoms with Gasteiger partial charge in [-0.25, -0.2) is 0 Å². The van der Waals surface area contributed by atoms with Crippen LogP contribution < -0.4 is 10.5 Å². The zero-order valence-corrected chi connectivity index (χ0v) is 13.3. The molecule has 0 amide bonds. The monoisotopic (exact) mass is 307 g/mol. The van der Waals surface area contributed by atoms with Gasteiger partial charge in [0.25, 0.3) is 5.69 Å². The SMILES string of the molecule is CN(C)CC1CCC(COc2ccc([N+](=O)[O-])c(N)c2)CC1. The zero-order valence-electron chi connectivity index (χ0n) is 13.3. The predicted octanol–water partition coefficient (Wildman–Crippen LogP) is 2.92. The van der Waals surface area contributed by atoms with Crippen molar-refractivity contribution >= 4 is 11.4 Å². The minimum Gasteiger partial charge on any atom is -0.493 e. The Bertz CT molecular complexity index is 511. The molecule has 1 fully saturated rings. The highest BCUT2D eigenvalue weighted by atomic mass is 16.6. The van der Waals surface area contributed by atoms with Crippen LogP contribution in [0.5, 0.6) is 5.75 Å². The molecule has 0 radical (unpaired) electrons. The van der Waals surface area contributed by atoms with E-state index in [0.29, 0.717) is 18.3 Å². The molecule has 1 aromatic carbocycles. The maximum Gasteiger partial charge on any atom is 0.292 e. The van der Waals surface area contributed by atoms with Gasteiger partial charge in [0.2, 0.25) is 0 Å².